The van der Waals surface area contributed by atoms with Crippen LogP contribution in [0.2, 0.25) is 0 Å². The molecule has 0 saturated carbocycles. The molecule has 0 radical (unpaired) electrons. The van der Waals surface area contributed by atoms with Gasteiger partial charge >= 0.3 is 55.3 Å². The molecule has 0 N–H and O–H groups in total. The van der Waals surface area contributed by atoms with Crippen molar-refractivity contribution in [2.75, 3.05) is 7.11 Å². The predicted octanol–water partition coefficient (Wildman–Crippen LogP) is 12.6. The first-order valence-electron chi connectivity index (χ1n) is 19.4. The number of aromatic nitrogens is 2. The van der Waals surface area contributed by atoms with Gasteiger partial charge in [0.15, 0.2) is 12.7 Å². The number of nitrogens with zero attached hydrogens (tertiary/aromatic N) is 2. The predicted molar refractivity (Wildman–Crippen MR) is 207 cm³/mol. The Morgan fingerprint density at radius 2 is 0.639 bits per heavy atom. The summed E-state index contributed by atoms with van der Waals surface area (Å²) in [7, 11) is 1.65. The fourth-order valence-corrected chi connectivity index (χ4v) is 7.52. The average molecular weight is 1060 g/mol. The lowest BCUT2D eigenvalue weighted by molar-refractivity contribution is -0.693. The van der Waals surface area contributed by atoms with Crippen LogP contribution in [-0.4, -0.2) is 18.2 Å². The van der Waals surface area contributed by atoms with Crippen molar-refractivity contribution in [3.05, 3.63) is 172 Å². The summed E-state index contributed by atoms with van der Waals surface area (Å²) in [6.45, 7) is 0.798. The van der Waals surface area contributed by atoms with Crippen molar-refractivity contribution in [2.45, 2.75) is 56.0 Å². The molecule has 0 amide bonds. The summed E-state index contributed by atoms with van der Waals surface area (Å²) in [4.78, 5) is 4.01. The van der Waals surface area contributed by atoms with Crippen molar-refractivity contribution in [1.29, 1.82) is 0 Å². The Balaban J connectivity index is 0.000000542. The van der Waals surface area contributed by atoms with Crippen LogP contribution < -0.4 is 31.2 Å². The van der Waals surface area contributed by atoms with Gasteiger partial charge in [0.1, 0.15) is 12.3 Å². The fourth-order valence-electron chi connectivity index (χ4n) is 7.52. The monoisotopic (exact) mass is 1060 g/mol. The molecule has 0 aliphatic heterocycles. The first-order valence-corrected chi connectivity index (χ1v) is 19.4. The molecule has 0 fully saturated rings. The zero-order chi connectivity index (χ0) is 54.4. The van der Waals surface area contributed by atoms with Gasteiger partial charge in [-0.2, -0.15) is 132 Å². The third-order valence-corrected chi connectivity index (χ3v) is 10.6. The average Bonchev–Trinajstić information content (AvgIpc) is 3.25. The van der Waals surface area contributed by atoms with E-state index in [1.165, 1.54) is 5.56 Å². The van der Waals surface area contributed by atoms with Gasteiger partial charge in [-0.3, -0.25) is 0 Å². The van der Waals surface area contributed by atoms with Gasteiger partial charge in [0.25, 0.3) is 0 Å². The number of hydrogen-bond donors (Lipinski definition) is 0. The molecule has 6 rings (SSSR count). The minimum atomic E-state index is -6.13. The summed E-state index contributed by atoms with van der Waals surface area (Å²) in [5.74, 6) is 0.765. The topological polar surface area (TPSA) is 26.0 Å². The van der Waals surface area contributed by atoms with Crippen molar-refractivity contribution in [1.82, 2.24) is 4.98 Å². The number of rotatable bonds is 7. The largest absolute Gasteiger partial charge is 0.447 e. The molecular formula is C44H25BF24N2O. The van der Waals surface area contributed by atoms with Crippen LogP contribution in [0.4, 0.5) is 105 Å². The summed E-state index contributed by atoms with van der Waals surface area (Å²) in [6, 6.07) is 1.44. The van der Waals surface area contributed by atoms with Gasteiger partial charge in [0, 0.05) is 5.56 Å². The van der Waals surface area contributed by atoms with Crippen molar-refractivity contribution >= 4 is 28.0 Å². The summed E-state index contributed by atoms with van der Waals surface area (Å²) >= 11 is 0. The van der Waals surface area contributed by atoms with Gasteiger partial charge in [-0.15, -0.1) is 0 Å². The number of methoxy groups -OCH3 is 1. The normalized spacial score (nSPS) is 13.4. The van der Waals surface area contributed by atoms with Crippen LogP contribution in [0.5, 0.6) is 5.88 Å². The van der Waals surface area contributed by atoms with E-state index in [4.69, 9.17) is 4.74 Å². The fraction of sp³-hybridized carbons (Fsp3) is 0.227. The highest BCUT2D eigenvalue weighted by Crippen LogP contribution is 2.41. The molecular weight excluding hydrogens is 1040 g/mol. The maximum absolute atomic E-state index is 14.2. The van der Waals surface area contributed by atoms with Crippen LogP contribution in [0.1, 0.15) is 50.1 Å². The molecule has 0 unspecified atom stereocenters. The standard InChI is InChI=1S/C32H12BF24.C12H13N2O/c34-25(35,36)13-1-14(26(37,38)39)6-21(5-13)33(22-7-15(27(40,41)42)2-16(8-22)28(43,44)45,23-9-17(29(46,47)48)3-18(10-23)30(49,50)51)24-11-19(31(52,53)54)4-20(12-24)32(55,56)57;1-15-12-9-13-7-8-14(12)10-11-5-3-2-4-6-11/h1-12H;2-9H,10H2,1H3/q-1;+1. The second-order valence-corrected chi connectivity index (χ2v) is 15.5. The lowest BCUT2D eigenvalue weighted by Gasteiger charge is -2.46. The zero-order valence-corrected chi connectivity index (χ0v) is 35.2. The molecule has 0 atom stereocenters. The van der Waals surface area contributed by atoms with Crippen molar-refractivity contribution in [2.24, 2.45) is 0 Å². The molecule has 0 aliphatic rings. The lowest BCUT2D eigenvalue weighted by Crippen LogP contribution is -2.75. The number of ether oxygens (including phenoxy) is 1. The van der Waals surface area contributed by atoms with E-state index in [2.05, 4.69) is 17.1 Å². The molecule has 0 saturated heterocycles. The summed E-state index contributed by atoms with van der Waals surface area (Å²) in [5.41, 5.74) is -29.0. The second kappa shape index (κ2) is 19.4. The molecule has 3 nitrogen and oxygen atoms in total. The van der Waals surface area contributed by atoms with E-state index in [9.17, 15) is 105 Å². The third-order valence-electron chi connectivity index (χ3n) is 10.6. The summed E-state index contributed by atoms with van der Waals surface area (Å²) in [6.07, 6.45) is -49.4. The zero-order valence-electron chi connectivity index (χ0n) is 35.2. The Kier molecular flexibility index (Phi) is 15.2. The molecule has 5 aromatic carbocycles. The molecule has 72 heavy (non-hydrogen) atoms. The van der Waals surface area contributed by atoms with Crippen LogP contribution in [0, 0.1) is 0 Å². The van der Waals surface area contributed by atoms with Crippen molar-refractivity contribution in [3.63, 3.8) is 0 Å². The highest BCUT2D eigenvalue weighted by Gasteiger charge is 2.47. The van der Waals surface area contributed by atoms with Crippen molar-refractivity contribution in [3.8, 4) is 5.88 Å². The Bertz CT molecular complexity index is 2440. The van der Waals surface area contributed by atoms with E-state index >= 15 is 0 Å². The Morgan fingerprint density at radius 3 is 0.861 bits per heavy atom. The summed E-state index contributed by atoms with van der Waals surface area (Å²) in [5, 5.41) is 0. The van der Waals surface area contributed by atoms with Gasteiger partial charge < -0.3 is 4.74 Å². The van der Waals surface area contributed by atoms with Crippen LogP contribution in [0.25, 0.3) is 0 Å². The van der Waals surface area contributed by atoms with E-state index in [0.29, 0.717) is 0 Å². The second-order valence-electron chi connectivity index (χ2n) is 15.5. The highest BCUT2D eigenvalue weighted by atomic mass is 19.4. The van der Waals surface area contributed by atoms with Crippen LogP contribution in [-0.2, 0) is 56.0 Å². The van der Waals surface area contributed by atoms with Crippen LogP contribution in [0.15, 0.2) is 122 Å². The molecule has 28 heteroatoms. The van der Waals surface area contributed by atoms with Crippen LogP contribution in [0.3, 0.4) is 0 Å². The molecule has 1 aromatic heterocycles. The van der Waals surface area contributed by atoms with E-state index in [1.54, 1.807) is 19.5 Å². The Labute approximate surface area is 388 Å². The molecule has 0 aliphatic carbocycles. The van der Waals surface area contributed by atoms with Gasteiger partial charge in [0.05, 0.1) is 57.8 Å². The molecule has 6 aromatic rings. The van der Waals surface area contributed by atoms with E-state index in [0.717, 1.165) is 12.4 Å². The molecule has 0 spiro atoms. The minimum Gasteiger partial charge on any atom is -0.447 e. The number of hydrogen-bond acceptors (Lipinski definition) is 2. The Hall–Kier alpha value is -6.64. The van der Waals surface area contributed by atoms with Gasteiger partial charge in [-0.1, -0.05) is 78.9 Å². The number of halogens is 24. The quantitative estimate of drug-likeness (QED) is 0.0905. The van der Waals surface area contributed by atoms with Gasteiger partial charge in [-0.05, 0) is 24.3 Å². The van der Waals surface area contributed by atoms with E-state index < -0.39 is 195 Å². The van der Waals surface area contributed by atoms with E-state index in [-0.39, 0.29) is 0 Å². The van der Waals surface area contributed by atoms with E-state index in [1.807, 2.05) is 29.0 Å². The van der Waals surface area contributed by atoms with Crippen LogP contribution >= 0.6 is 0 Å². The summed E-state index contributed by atoms with van der Waals surface area (Å²) < 4.78 is 348. The molecule has 0 bridgehead atoms. The number of benzene rings is 5. The smallest absolute Gasteiger partial charge is 0.416 e. The Morgan fingerprint density at radius 1 is 0.389 bits per heavy atom. The molecule has 388 valence electrons. The SMILES string of the molecule is COc1cncc[n+]1Cc1ccccc1.FC(F)(F)c1cc([B-](c2cc(C(F)(F)F)cc(C(F)(F)F)c2)(c2cc(C(F)(F)F)cc(C(F)(F)F)c2)c2cc(C(F)(F)F)cc(C(F)(F)F)c2)cc(C(F)(F)F)c1. The van der Waals surface area contributed by atoms with Gasteiger partial charge in [-0.25, -0.2) is 4.98 Å². The number of alkyl halides is 24. The third kappa shape index (κ3) is 12.9. The van der Waals surface area contributed by atoms with Crippen molar-refractivity contribution < 1.29 is 115 Å². The lowest BCUT2D eigenvalue weighted by atomic mass is 9.12. The highest BCUT2D eigenvalue weighted by molar-refractivity contribution is 7.20. The molecule has 1 heterocycles. The maximum Gasteiger partial charge on any atom is 0.416 e. The first-order chi connectivity index (χ1) is 32.7. The maximum atomic E-state index is 14.2. The van der Waals surface area contributed by atoms with Gasteiger partial charge in [0.2, 0.25) is 0 Å². The minimum absolute atomic E-state index is 0.691. The first kappa shape index (κ1) is 56.3.